The summed E-state index contributed by atoms with van der Waals surface area (Å²) >= 11 is 0. The monoisotopic (exact) mass is 508 g/mol. The molecule has 0 saturated carbocycles. The molecule has 8 nitrogen and oxygen atoms in total. The Kier molecular flexibility index (Phi) is 7.27. The van der Waals surface area contributed by atoms with E-state index in [0.717, 1.165) is 31.4 Å². The second-order valence-electron chi connectivity index (χ2n) is 9.22. The zero-order valence-electron chi connectivity index (χ0n) is 19.9. The first-order valence-electron chi connectivity index (χ1n) is 11.8. The Labute approximate surface area is 203 Å². The molecule has 4 rings (SSSR count). The predicted molar refractivity (Wildman–Crippen MR) is 126 cm³/mol. The van der Waals surface area contributed by atoms with Crippen LogP contribution in [0, 0.1) is 31.4 Å². The van der Waals surface area contributed by atoms with Crippen molar-refractivity contribution in [3.8, 4) is 0 Å². The number of rotatable bonds is 5. The molecule has 0 unspecified atom stereocenters. The summed E-state index contributed by atoms with van der Waals surface area (Å²) in [5.74, 6) is -2.85. The van der Waals surface area contributed by atoms with Gasteiger partial charge in [-0.1, -0.05) is 0 Å². The van der Waals surface area contributed by atoms with Crippen molar-refractivity contribution in [2.24, 2.45) is 5.92 Å². The molecule has 2 aliphatic heterocycles. The average molecular weight is 509 g/mol. The van der Waals surface area contributed by atoms with Crippen molar-refractivity contribution in [2.45, 2.75) is 50.8 Å². The number of benzene rings is 1. The maximum atomic E-state index is 13.9. The molecule has 2 saturated heterocycles. The molecular weight excluding hydrogens is 478 g/mol. The fourth-order valence-corrected chi connectivity index (χ4v) is 6.79. The molecule has 2 N–H and O–H groups in total. The minimum Gasteiger partial charge on any atom is -0.361 e. The van der Waals surface area contributed by atoms with Crippen molar-refractivity contribution in [2.75, 3.05) is 31.5 Å². The molecule has 3 heterocycles. The third kappa shape index (κ3) is 5.11. The molecule has 190 valence electrons. The lowest BCUT2D eigenvalue weighted by Gasteiger charge is -2.31. The first-order chi connectivity index (χ1) is 16.6. The molecule has 0 spiro atoms. The lowest BCUT2D eigenvalue weighted by atomic mass is 9.97. The van der Waals surface area contributed by atoms with Gasteiger partial charge in [-0.15, -0.1) is 0 Å². The zero-order valence-corrected chi connectivity index (χ0v) is 20.7. The minimum absolute atomic E-state index is 0.00172. The van der Waals surface area contributed by atoms with Gasteiger partial charge in [-0.05, 0) is 58.1 Å². The van der Waals surface area contributed by atoms with Gasteiger partial charge in [0.1, 0.15) is 16.5 Å². The molecule has 1 aromatic heterocycles. The number of aromatic amines is 1. The lowest BCUT2D eigenvalue weighted by Crippen LogP contribution is -2.42. The van der Waals surface area contributed by atoms with Crippen LogP contribution in [0.2, 0.25) is 0 Å². The van der Waals surface area contributed by atoms with Gasteiger partial charge in [0.2, 0.25) is 15.9 Å². The number of amides is 2. The molecule has 1 aromatic carbocycles. The van der Waals surface area contributed by atoms with Crippen molar-refractivity contribution in [1.29, 1.82) is 0 Å². The number of hydrogen-bond donors (Lipinski definition) is 2. The number of halogens is 2. The van der Waals surface area contributed by atoms with E-state index in [2.05, 4.69) is 10.3 Å². The number of piperidine rings is 2. The highest BCUT2D eigenvalue weighted by molar-refractivity contribution is 7.89. The van der Waals surface area contributed by atoms with E-state index in [1.165, 1.54) is 4.31 Å². The Morgan fingerprint density at radius 3 is 2.29 bits per heavy atom. The van der Waals surface area contributed by atoms with Crippen molar-refractivity contribution >= 4 is 27.5 Å². The maximum absolute atomic E-state index is 13.9. The van der Waals surface area contributed by atoms with Crippen LogP contribution >= 0.6 is 0 Å². The SMILES string of the molecule is Cc1[nH]c(C)c(S(=O)(=O)N2CCC(C(=O)Nc3ccc(F)cc3F)CC2)c1C(=O)N1CCCCC1. The van der Waals surface area contributed by atoms with Crippen LogP contribution in [-0.4, -0.2) is 60.6 Å². The summed E-state index contributed by atoms with van der Waals surface area (Å²) in [5.41, 5.74) is 1.00. The molecule has 0 bridgehead atoms. The van der Waals surface area contributed by atoms with Crippen LogP contribution in [0.3, 0.4) is 0 Å². The van der Waals surface area contributed by atoms with Crippen LogP contribution < -0.4 is 5.32 Å². The Hall–Kier alpha value is -2.79. The number of likely N-dealkylation sites (tertiary alicyclic amines) is 1. The van der Waals surface area contributed by atoms with Gasteiger partial charge in [0.15, 0.2) is 0 Å². The molecule has 0 aliphatic carbocycles. The van der Waals surface area contributed by atoms with E-state index in [0.29, 0.717) is 30.5 Å². The van der Waals surface area contributed by atoms with Crippen LogP contribution in [0.1, 0.15) is 53.8 Å². The molecule has 2 aromatic rings. The van der Waals surface area contributed by atoms with Crippen molar-refractivity contribution in [1.82, 2.24) is 14.2 Å². The van der Waals surface area contributed by atoms with Crippen LogP contribution in [0.4, 0.5) is 14.5 Å². The number of anilines is 1. The van der Waals surface area contributed by atoms with Crippen molar-refractivity contribution < 1.29 is 26.8 Å². The van der Waals surface area contributed by atoms with Gasteiger partial charge in [-0.25, -0.2) is 17.2 Å². The summed E-state index contributed by atoms with van der Waals surface area (Å²) in [7, 11) is -3.98. The number of nitrogens with one attached hydrogen (secondary N) is 2. The standard InChI is InChI=1S/C24H30F2N4O4S/c1-15-21(24(32)29-10-4-3-5-11-29)22(16(2)27-15)35(33,34)30-12-8-17(9-13-30)23(31)28-20-7-6-18(25)14-19(20)26/h6-7,14,17,27H,3-5,8-13H2,1-2H3,(H,28,31). The fraction of sp³-hybridized carbons (Fsp3) is 0.500. The van der Waals surface area contributed by atoms with E-state index in [4.69, 9.17) is 0 Å². The Morgan fingerprint density at radius 2 is 1.66 bits per heavy atom. The molecule has 2 amide bonds. The van der Waals surface area contributed by atoms with Crippen molar-refractivity contribution in [3.05, 3.63) is 46.8 Å². The van der Waals surface area contributed by atoms with Crippen LogP contribution in [-0.2, 0) is 14.8 Å². The Morgan fingerprint density at radius 1 is 1.00 bits per heavy atom. The van der Waals surface area contributed by atoms with Gasteiger partial charge >= 0.3 is 0 Å². The number of nitrogens with zero attached hydrogens (tertiary/aromatic N) is 2. The Bertz CT molecular complexity index is 1230. The summed E-state index contributed by atoms with van der Waals surface area (Å²) in [6, 6.07) is 2.90. The van der Waals surface area contributed by atoms with Gasteiger partial charge in [0.25, 0.3) is 5.91 Å². The maximum Gasteiger partial charge on any atom is 0.257 e. The Balaban J connectivity index is 1.48. The van der Waals surface area contributed by atoms with E-state index in [-0.39, 0.29) is 48.0 Å². The number of aryl methyl sites for hydroxylation is 2. The number of H-pyrrole nitrogens is 1. The van der Waals surface area contributed by atoms with E-state index >= 15 is 0 Å². The summed E-state index contributed by atoms with van der Waals surface area (Å²) in [4.78, 5) is 30.6. The fourth-order valence-electron chi connectivity index (χ4n) is 4.91. The second kappa shape index (κ2) is 10.1. The van der Waals surface area contributed by atoms with Gasteiger partial charge in [0, 0.05) is 49.6 Å². The smallest absolute Gasteiger partial charge is 0.257 e. The van der Waals surface area contributed by atoms with E-state index < -0.39 is 33.5 Å². The first-order valence-corrected chi connectivity index (χ1v) is 13.3. The highest BCUT2D eigenvalue weighted by Crippen LogP contribution is 2.32. The molecule has 0 atom stereocenters. The summed E-state index contributed by atoms with van der Waals surface area (Å²) in [6.07, 6.45) is 3.33. The molecule has 0 radical (unpaired) electrons. The molecule has 35 heavy (non-hydrogen) atoms. The van der Waals surface area contributed by atoms with E-state index in [1.807, 2.05) is 0 Å². The second-order valence-corrected chi connectivity index (χ2v) is 11.1. The van der Waals surface area contributed by atoms with Gasteiger partial charge in [-0.2, -0.15) is 4.31 Å². The number of carbonyl (C=O) groups excluding carboxylic acids is 2. The van der Waals surface area contributed by atoms with Crippen molar-refractivity contribution in [3.63, 3.8) is 0 Å². The normalized spacial score (nSPS) is 18.0. The molecular formula is C24H30F2N4O4S. The molecule has 11 heteroatoms. The van der Waals surface area contributed by atoms with Gasteiger partial charge in [0.05, 0.1) is 11.3 Å². The summed E-state index contributed by atoms with van der Waals surface area (Å²) in [6.45, 7) is 4.74. The zero-order chi connectivity index (χ0) is 25.3. The number of carbonyl (C=O) groups is 2. The third-order valence-corrected chi connectivity index (χ3v) is 8.86. The molecule has 2 aliphatic rings. The average Bonchev–Trinajstić information content (AvgIpc) is 3.15. The van der Waals surface area contributed by atoms with Crippen LogP contribution in [0.5, 0.6) is 0 Å². The number of aromatic nitrogens is 1. The number of sulfonamides is 1. The lowest BCUT2D eigenvalue weighted by molar-refractivity contribution is -0.120. The van der Waals surface area contributed by atoms with Gasteiger partial charge in [-0.3, -0.25) is 9.59 Å². The van der Waals surface area contributed by atoms with E-state index in [1.54, 1.807) is 18.7 Å². The predicted octanol–water partition coefficient (Wildman–Crippen LogP) is 3.58. The third-order valence-electron chi connectivity index (χ3n) is 6.79. The largest absolute Gasteiger partial charge is 0.361 e. The number of hydrogen-bond acceptors (Lipinski definition) is 4. The summed E-state index contributed by atoms with van der Waals surface area (Å²) < 4.78 is 55.5. The summed E-state index contributed by atoms with van der Waals surface area (Å²) in [5, 5.41) is 2.46. The highest BCUT2D eigenvalue weighted by atomic mass is 32.2. The van der Waals surface area contributed by atoms with E-state index in [9.17, 15) is 26.8 Å². The van der Waals surface area contributed by atoms with Crippen LogP contribution in [0.15, 0.2) is 23.1 Å². The topological polar surface area (TPSA) is 103 Å². The highest BCUT2D eigenvalue weighted by Gasteiger charge is 2.38. The van der Waals surface area contributed by atoms with Gasteiger partial charge < -0.3 is 15.2 Å². The quantitative estimate of drug-likeness (QED) is 0.645. The molecule has 2 fully saturated rings. The first kappa shape index (κ1) is 25.3. The van der Waals surface area contributed by atoms with Crippen LogP contribution in [0.25, 0.3) is 0 Å². The minimum atomic E-state index is -3.98.